The number of fused-ring (bicyclic) bond motifs is 2. The molecule has 0 atom stereocenters. The van der Waals surface area contributed by atoms with Gasteiger partial charge in [-0.3, -0.25) is 4.98 Å². The molecule has 0 aliphatic rings. The van der Waals surface area contributed by atoms with Crippen LogP contribution in [0.2, 0.25) is 0 Å². The average molecular weight is 732 g/mol. The summed E-state index contributed by atoms with van der Waals surface area (Å²) in [4.78, 5) is 9.15. The molecule has 3 aromatic heterocycles. The number of rotatable bonds is 4. The smallest absolute Gasteiger partial charge is 0.0774 e. The largest absolute Gasteiger partial charge is 0.557 e. The molecule has 0 saturated carbocycles. The standard InChI is InChI=1S/C27H17N2O.C11H8N.Ir/c1-2-8-19(9-3-1)20-14-16-21(17-15-20)29-25-12-6-5-11-24(25)28-27(29)23-18-30-26-13-7-4-10-22(23)26;1-2-6-10(7-3-1)11-8-4-5-9-12-11;/h1-17H;1-6,8-9H;/q2*-1;. The first-order valence-electron chi connectivity index (χ1n) is 13.8. The van der Waals surface area contributed by atoms with Gasteiger partial charge in [-0.15, -0.1) is 42.0 Å². The third-order valence-electron chi connectivity index (χ3n) is 7.09. The zero-order valence-corrected chi connectivity index (χ0v) is 25.4. The first-order chi connectivity index (χ1) is 20.8. The van der Waals surface area contributed by atoms with Crippen LogP contribution < -0.4 is 0 Å². The van der Waals surface area contributed by atoms with E-state index in [4.69, 9.17) is 9.40 Å². The molecule has 0 aliphatic heterocycles. The van der Waals surface area contributed by atoms with Gasteiger partial charge in [0.1, 0.15) is 0 Å². The average Bonchev–Trinajstić information content (AvgIpc) is 3.68. The molecule has 5 heteroatoms. The topological polar surface area (TPSA) is 43.9 Å². The van der Waals surface area contributed by atoms with E-state index < -0.39 is 0 Å². The zero-order valence-electron chi connectivity index (χ0n) is 23.0. The molecule has 0 unspecified atom stereocenters. The van der Waals surface area contributed by atoms with E-state index in [9.17, 15) is 0 Å². The minimum absolute atomic E-state index is 0. The monoisotopic (exact) mass is 732 g/mol. The van der Waals surface area contributed by atoms with Crippen molar-refractivity contribution in [3.63, 3.8) is 0 Å². The Kier molecular flexibility index (Phi) is 8.37. The molecule has 43 heavy (non-hydrogen) atoms. The fraction of sp³-hybridized carbons (Fsp3) is 0. The van der Waals surface area contributed by atoms with Crippen LogP contribution >= 0.6 is 0 Å². The van der Waals surface area contributed by atoms with Crippen LogP contribution in [0.4, 0.5) is 0 Å². The minimum atomic E-state index is 0. The van der Waals surface area contributed by atoms with Crippen molar-refractivity contribution in [2.45, 2.75) is 0 Å². The predicted molar refractivity (Wildman–Crippen MR) is 169 cm³/mol. The summed E-state index contributed by atoms with van der Waals surface area (Å²) in [6.07, 6.45) is 4.87. The van der Waals surface area contributed by atoms with Gasteiger partial charge in [0.25, 0.3) is 0 Å². The van der Waals surface area contributed by atoms with Crippen molar-refractivity contribution in [2.24, 2.45) is 0 Å². The molecular weight excluding hydrogens is 707 g/mol. The van der Waals surface area contributed by atoms with Gasteiger partial charge in [0.15, 0.2) is 0 Å². The summed E-state index contributed by atoms with van der Waals surface area (Å²) in [5, 5.41) is 1.01. The van der Waals surface area contributed by atoms with Gasteiger partial charge >= 0.3 is 0 Å². The molecule has 0 spiro atoms. The van der Waals surface area contributed by atoms with E-state index in [-0.39, 0.29) is 20.1 Å². The second-order valence-electron chi connectivity index (χ2n) is 9.74. The van der Waals surface area contributed by atoms with Crippen molar-refractivity contribution in [1.82, 2.24) is 14.5 Å². The minimum Gasteiger partial charge on any atom is -0.557 e. The van der Waals surface area contributed by atoms with Gasteiger partial charge in [0, 0.05) is 43.8 Å². The van der Waals surface area contributed by atoms with E-state index in [0.29, 0.717) is 0 Å². The quantitative estimate of drug-likeness (QED) is 0.170. The van der Waals surface area contributed by atoms with Crippen LogP contribution in [0.25, 0.3) is 61.5 Å². The number of aromatic nitrogens is 3. The molecule has 3 heterocycles. The van der Waals surface area contributed by atoms with E-state index in [2.05, 4.69) is 76.5 Å². The van der Waals surface area contributed by atoms with Crippen molar-refractivity contribution in [2.75, 3.05) is 0 Å². The number of para-hydroxylation sites is 3. The third kappa shape index (κ3) is 5.82. The van der Waals surface area contributed by atoms with E-state index in [0.717, 1.165) is 50.3 Å². The first kappa shape index (κ1) is 28.0. The van der Waals surface area contributed by atoms with Gasteiger partial charge in [-0.25, -0.2) is 0 Å². The number of hydrogen-bond acceptors (Lipinski definition) is 3. The number of furan rings is 1. The summed E-state index contributed by atoms with van der Waals surface area (Å²) >= 11 is 0. The van der Waals surface area contributed by atoms with Gasteiger partial charge < -0.3 is 14.0 Å². The summed E-state index contributed by atoms with van der Waals surface area (Å²) in [6.45, 7) is 0. The number of hydrogen-bond donors (Lipinski definition) is 0. The summed E-state index contributed by atoms with van der Waals surface area (Å²) in [5.74, 6) is 0.827. The zero-order chi connectivity index (χ0) is 28.1. The van der Waals surface area contributed by atoms with Gasteiger partial charge in [0.2, 0.25) is 0 Å². The van der Waals surface area contributed by atoms with Crippen LogP contribution in [0.1, 0.15) is 0 Å². The van der Waals surface area contributed by atoms with Crippen LogP contribution in [0.3, 0.4) is 0 Å². The second-order valence-corrected chi connectivity index (χ2v) is 9.74. The Balaban J connectivity index is 0.000000213. The molecule has 0 bridgehead atoms. The Labute approximate surface area is 263 Å². The fourth-order valence-corrected chi connectivity index (χ4v) is 5.05. The summed E-state index contributed by atoms with van der Waals surface area (Å²) in [5.41, 5.74) is 9.13. The van der Waals surface area contributed by atoms with Crippen molar-refractivity contribution in [3.8, 4) is 39.5 Å². The van der Waals surface area contributed by atoms with Crippen LogP contribution in [-0.2, 0) is 20.1 Å². The Morgan fingerprint density at radius 3 is 2.14 bits per heavy atom. The van der Waals surface area contributed by atoms with E-state index in [1.165, 1.54) is 11.1 Å². The predicted octanol–water partition coefficient (Wildman–Crippen LogP) is 9.45. The van der Waals surface area contributed by atoms with Gasteiger partial charge in [0.05, 0.1) is 16.9 Å². The first-order valence-corrected chi connectivity index (χ1v) is 13.8. The second kappa shape index (κ2) is 12.8. The van der Waals surface area contributed by atoms with E-state index >= 15 is 0 Å². The molecule has 0 N–H and O–H groups in total. The van der Waals surface area contributed by atoms with Gasteiger partial charge in [-0.1, -0.05) is 95.9 Å². The van der Waals surface area contributed by atoms with E-state index in [1.807, 2.05) is 91.0 Å². The Bertz CT molecular complexity index is 2030. The van der Waals surface area contributed by atoms with Crippen molar-refractivity contribution in [3.05, 3.63) is 164 Å². The van der Waals surface area contributed by atoms with E-state index in [1.54, 1.807) is 6.20 Å². The molecule has 1 radical (unpaired) electrons. The van der Waals surface area contributed by atoms with Crippen LogP contribution in [0.5, 0.6) is 0 Å². The molecule has 209 valence electrons. The summed E-state index contributed by atoms with van der Waals surface area (Å²) in [7, 11) is 0. The molecule has 8 aromatic rings. The number of pyridine rings is 1. The van der Waals surface area contributed by atoms with Crippen LogP contribution in [0, 0.1) is 12.3 Å². The van der Waals surface area contributed by atoms with Gasteiger partial charge in [-0.05, 0) is 47.2 Å². The number of nitrogens with zero attached hydrogens (tertiary/aromatic N) is 3. The number of imidazole rings is 1. The van der Waals surface area contributed by atoms with Crippen molar-refractivity contribution >= 4 is 22.0 Å². The maximum atomic E-state index is 5.69. The maximum absolute atomic E-state index is 5.69. The molecular formula is C38H25IrN3O-2. The molecule has 0 amide bonds. The van der Waals surface area contributed by atoms with Crippen LogP contribution in [0.15, 0.2) is 156 Å². The molecule has 0 fully saturated rings. The Hall–Kier alpha value is -5.09. The summed E-state index contributed by atoms with van der Waals surface area (Å²) in [6, 6.07) is 52.0. The van der Waals surface area contributed by atoms with Gasteiger partial charge in [-0.2, -0.15) is 0 Å². The Morgan fingerprint density at radius 2 is 1.35 bits per heavy atom. The van der Waals surface area contributed by atoms with Crippen LogP contribution in [-0.4, -0.2) is 14.5 Å². The SMILES string of the molecule is [Ir].[c-]1ccccc1-c1ccccn1.[c-]1oc2ccccc2c1-c1nc2ccccc2n1-c1ccc(-c2ccccc2)cc1. The third-order valence-corrected chi connectivity index (χ3v) is 7.09. The fourth-order valence-electron chi connectivity index (χ4n) is 5.05. The molecule has 4 nitrogen and oxygen atoms in total. The number of benzene rings is 5. The maximum Gasteiger partial charge on any atom is 0.0774 e. The van der Waals surface area contributed by atoms with Crippen molar-refractivity contribution in [1.29, 1.82) is 0 Å². The molecule has 0 saturated heterocycles. The Morgan fingerprint density at radius 1 is 0.628 bits per heavy atom. The van der Waals surface area contributed by atoms with Crippen molar-refractivity contribution < 1.29 is 24.5 Å². The molecule has 5 aromatic carbocycles. The molecule has 8 rings (SSSR count). The normalized spacial score (nSPS) is 10.6. The molecule has 0 aliphatic carbocycles. The summed E-state index contributed by atoms with van der Waals surface area (Å²) < 4.78 is 7.87.